The van der Waals surface area contributed by atoms with Crippen molar-refractivity contribution in [2.75, 3.05) is 11.1 Å². The predicted octanol–water partition coefficient (Wildman–Crippen LogP) is 2.50. The Kier molecular flexibility index (Phi) is 5.58. The van der Waals surface area contributed by atoms with Crippen LogP contribution < -0.4 is 15.4 Å². The molecule has 1 unspecified atom stereocenters. The number of fused-ring (bicyclic) bond motifs is 2. The summed E-state index contributed by atoms with van der Waals surface area (Å²) in [6.45, 7) is 5.72. The summed E-state index contributed by atoms with van der Waals surface area (Å²) in [6, 6.07) is 1.58. The molecule has 3 rings (SSSR count). The summed E-state index contributed by atoms with van der Waals surface area (Å²) in [6.07, 6.45) is 6.14. The molecular formula is C19H29N3O3S. The molecule has 7 heteroatoms. The topological polar surface area (TPSA) is 87.3 Å². The van der Waals surface area contributed by atoms with E-state index in [-0.39, 0.29) is 17.8 Å². The van der Waals surface area contributed by atoms with Gasteiger partial charge < -0.3 is 10.6 Å². The van der Waals surface area contributed by atoms with E-state index in [9.17, 15) is 13.2 Å². The van der Waals surface area contributed by atoms with Gasteiger partial charge in [0.2, 0.25) is 10.0 Å². The zero-order chi connectivity index (χ0) is 18.9. The summed E-state index contributed by atoms with van der Waals surface area (Å²) in [5, 5.41) is 6.00. The molecule has 0 aliphatic heterocycles. The molecule has 6 nitrogen and oxygen atoms in total. The molecule has 2 aliphatic carbocycles. The van der Waals surface area contributed by atoms with Gasteiger partial charge in [0.25, 0.3) is 0 Å². The van der Waals surface area contributed by atoms with E-state index in [2.05, 4.69) is 21.4 Å². The first-order chi connectivity index (χ1) is 12.2. The number of sulfonamides is 1. The number of nitrogens with one attached hydrogen (secondary N) is 3. The molecule has 0 heterocycles. The van der Waals surface area contributed by atoms with E-state index in [1.54, 1.807) is 6.92 Å². The Bertz CT molecular complexity index is 770. The fourth-order valence-electron chi connectivity index (χ4n) is 4.24. The number of rotatable bonds is 6. The van der Waals surface area contributed by atoms with Crippen molar-refractivity contribution in [2.24, 2.45) is 0 Å². The molecule has 1 aromatic carbocycles. The second kappa shape index (κ2) is 7.56. The van der Waals surface area contributed by atoms with Gasteiger partial charge in [0.05, 0.1) is 5.75 Å². The quantitative estimate of drug-likeness (QED) is 0.709. The standard InChI is InChI=1S/C19H29N3O3S/c1-12(2)20-13(3)11-26(24,25)22-19(23)21-18-16-8-4-6-14(16)10-15-7-5-9-17(15)18/h10,12-13,20H,4-9,11H2,1-3H3,(H2,21,22,23). The number of hydrogen-bond donors (Lipinski definition) is 3. The van der Waals surface area contributed by atoms with Crippen LogP contribution in [-0.2, 0) is 35.7 Å². The monoisotopic (exact) mass is 379 g/mol. The van der Waals surface area contributed by atoms with Crippen LogP contribution >= 0.6 is 0 Å². The third kappa shape index (κ3) is 4.38. The van der Waals surface area contributed by atoms with Crippen molar-refractivity contribution in [3.63, 3.8) is 0 Å². The fraction of sp³-hybridized carbons (Fsp3) is 0.632. The Labute approximate surface area is 156 Å². The van der Waals surface area contributed by atoms with Crippen molar-refractivity contribution in [1.29, 1.82) is 0 Å². The number of carbonyl (C=O) groups excluding carboxylic acids is 1. The van der Waals surface area contributed by atoms with Crippen molar-refractivity contribution < 1.29 is 13.2 Å². The second-order valence-corrected chi connectivity index (χ2v) is 9.56. The van der Waals surface area contributed by atoms with E-state index >= 15 is 0 Å². The third-order valence-corrected chi connectivity index (χ3v) is 6.48. The van der Waals surface area contributed by atoms with Gasteiger partial charge in [0.15, 0.2) is 0 Å². The highest BCUT2D eigenvalue weighted by Gasteiger charge is 2.26. The van der Waals surface area contributed by atoms with E-state index in [4.69, 9.17) is 0 Å². The van der Waals surface area contributed by atoms with Crippen LogP contribution in [0.3, 0.4) is 0 Å². The number of anilines is 1. The molecule has 1 atom stereocenters. The zero-order valence-corrected chi connectivity index (χ0v) is 16.6. The van der Waals surface area contributed by atoms with Crippen LogP contribution in [-0.4, -0.2) is 32.3 Å². The van der Waals surface area contributed by atoms with E-state index in [0.717, 1.165) is 44.2 Å². The maximum absolute atomic E-state index is 12.4. The van der Waals surface area contributed by atoms with Crippen molar-refractivity contribution >= 4 is 21.7 Å². The average Bonchev–Trinajstić information content (AvgIpc) is 3.12. The largest absolute Gasteiger partial charge is 0.332 e. The summed E-state index contributed by atoms with van der Waals surface area (Å²) in [4.78, 5) is 12.4. The maximum Gasteiger partial charge on any atom is 0.332 e. The molecule has 3 N–H and O–H groups in total. The van der Waals surface area contributed by atoms with Crippen LogP contribution in [0.15, 0.2) is 6.07 Å². The number of carbonyl (C=O) groups is 1. The van der Waals surface area contributed by atoms with Gasteiger partial charge in [-0.1, -0.05) is 19.9 Å². The Morgan fingerprint density at radius 2 is 1.62 bits per heavy atom. The Morgan fingerprint density at radius 3 is 2.15 bits per heavy atom. The van der Waals surface area contributed by atoms with Crippen LogP contribution in [0.5, 0.6) is 0 Å². The molecule has 0 aromatic heterocycles. The third-order valence-electron chi connectivity index (χ3n) is 5.05. The first-order valence-electron chi connectivity index (χ1n) is 9.49. The first-order valence-corrected chi connectivity index (χ1v) is 11.1. The summed E-state index contributed by atoms with van der Waals surface area (Å²) < 4.78 is 26.7. The number of amides is 2. The fourth-order valence-corrected chi connectivity index (χ4v) is 5.41. The van der Waals surface area contributed by atoms with Crippen LogP contribution in [0, 0.1) is 0 Å². The van der Waals surface area contributed by atoms with Crippen LogP contribution in [0.1, 0.15) is 55.9 Å². The normalized spacial score (nSPS) is 17.1. The van der Waals surface area contributed by atoms with Crippen molar-refractivity contribution in [1.82, 2.24) is 10.0 Å². The summed E-state index contributed by atoms with van der Waals surface area (Å²) in [5.41, 5.74) is 5.84. The lowest BCUT2D eigenvalue weighted by Crippen LogP contribution is -2.43. The lowest BCUT2D eigenvalue weighted by atomic mass is 9.99. The van der Waals surface area contributed by atoms with Crippen LogP contribution in [0.4, 0.5) is 10.5 Å². The summed E-state index contributed by atoms with van der Waals surface area (Å²) in [5.74, 6) is -0.135. The molecule has 2 amide bonds. The van der Waals surface area contributed by atoms with Gasteiger partial charge in [-0.15, -0.1) is 0 Å². The Morgan fingerprint density at radius 1 is 1.04 bits per heavy atom. The Hall–Kier alpha value is -1.60. The predicted molar refractivity (Wildman–Crippen MR) is 104 cm³/mol. The highest BCUT2D eigenvalue weighted by Crippen LogP contribution is 2.38. The van der Waals surface area contributed by atoms with Gasteiger partial charge in [-0.05, 0) is 67.7 Å². The second-order valence-electron chi connectivity index (χ2n) is 7.79. The number of hydrogen-bond acceptors (Lipinski definition) is 4. The molecule has 1 aromatic rings. The minimum Gasteiger partial charge on any atom is -0.311 e. The molecule has 0 radical (unpaired) electrons. The van der Waals surface area contributed by atoms with E-state index in [1.165, 1.54) is 22.3 Å². The number of aryl methyl sites for hydroxylation is 2. The summed E-state index contributed by atoms with van der Waals surface area (Å²) >= 11 is 0. The highest BCUT2D eigenvalue weighted by atomic mass is 32.2. The van der Waals surface area contributed by atoms with Gasteiger partial charge in [0.1, 0.15) is 0 Å². The maximum atomic E-state index is 12.4. The highest BCUT2D eigenvalue weighted by molar-refractivity contribution is 7.90. The van der Waals surface area contributed by atoms with Crippen molar-refractivity contribution in [3.8, 4) is 0 Å². The molecular weight excluding hydrogens is 350 g/mol. The lowest BCUT2D eigenvalue weighted by Gasteiger charge is -2.19. The minimum atomic E-state index is -3.70. The van der Waals surface area contributed by atoms with Gasteiger partial charge in [-0.25, -0.2) is 17.9 Å². The minimum absolute atomic E-state index is 0.135. The molecule has 2 aliphatic rings. The molecule has 144 valence electrons. The molecule has 0 saturated heterocycles. The van der Waals surface area contributed by atoms with Crippen molar-refractivity contribution in [2.45, 2.75) is 71.4 Å². The SMILES string of the molecule is CC(C)NC(C)CS(=O)(=O)NC(=O)Nc1c2c(cc3c1CCC3)CCC2. The van der Waals surface area contributed by atoms with Gasteiger partial charge in [-0.3, -0.25) is 0 Å². The van der Waals surface area contributed by atoms with E-state index in [0.29, 0.717) is 0 Å². The van der Waals surface area contributed by atoms with Gasteiger partial charge in [0, 0.05) is 17.8 Å². The van der Waals surface area contributed by atoms with Crippen molar-refractivity contribution in [3.05, 3.63) is 28.3 Å². The average molecular weight is 380 g/mol. The summed E-state index contributed by atoms with van der Waals surface area (Å²) in [7, 11) is -3.70. The van der Waals surface area contributed by atoms with Crippen LogP contribution in [0.25, 0.3) is 0 Å². The number of urea groups is 1. The van der Waals surface area contributed by atoms with Gasteiger partial charge >= 0.3 is 6.03 Å². The van der Waals surface area contributed by atoms with E-state index in [1.807, 2.05) is 13.8 Å². The smallest absolute Gasteiger partial charge is 0.311 e. The lowest BCUT2D eigenvalue weighted by molar-refractivity contribution is 0.256. The molecule has 26 heavy (non-hydrogen) atoms. The first kappa shape index (κ1) is 19.2. The number of benzene rings is 1. The Balaban J connectivity index is 1.71. The molecule has 0 saturated carbocycles. The zero-order valence-electron chi connectivity index (χ0n) is 15.8. The van der Waals surface area contributed by atoms with E-state index < -0.39 is 16.1 Å². The van der Waals surface area contributed by atoms with Gasteiger partial charge in [-0.2, -0.15) is 0 Å². The molecule has 0 fully saturated rings. The molecule has 0 spiro atoms. The van der Waals surface area contributed by atoms with Crippen LogP contribution in [0.2, 0.25) is 0 Å². The molecule has 0 bridgehead atoms.